The van der Waals surface area contributed by atoms with E-state index in [0.717, 1.165) is 0 Å². The SMILES string of the molecule is N#Cc1c(-c2ccccc2)nc(NN=Cc2cccc(OCc3ccc(Cl)c(F)c3)c2)[nH]c1=O. The van der Waals surface area contributed by atoms with Gasteiger partial charge in [-0.2, -0.15) is 10.4 Å². The van der Waals surface area contributed by atoms with Gasteiger partial charge in [-0.1, -0.05) is 60.1 Å². The third kappa shape index (κ3) is 5.46. The molecule has 168 valence electrons. The van der Waals surface area contributed by atoms with Crippen molar-refractivity contribution in [3.05, 3.63) is 111 Å². The lowest BCUT2D eigenvalue weighted by molar-refractivity contribution is 0.305. The summed E-state index contributed by atoms with van der Waals surface area (Å²) >= 11 is 5.70. The highest BCUT2D eigenvalue weighted by Gasteiger charge is 2.12. The molecule has 7 nitrogen and oxygen atoms in total. The largest absolute Gasteiger partial charge is 0.489 e. The maximum absolute atomic E-state index is 13.6. The molecule has 4 rings (SSSR count). The molecule has 2 N–H and O–H groups in total. The number of aromatic nitrogens is 2. The molecule has 34 heavy (non-hydrogen) atoms. The third-order valence-electron chi connectivity index (χ3n) is 4.71. The Kier molecular flexibility index (Phi) is 6.96. The average Bonchev–Trinajstić information content (AvgIpc) is 2.85. The highest BCUT2D eigenvalue weighted by atomic mass is 35.5. The molecule has 9 heteroatoms. The van der Waals surface area contributed by atoms with E-state index >= 15 is 0 Å². The molecule has 3 aromatic carbocycles. The lowest BCUT2D eigenvalue weighted by Crippen LogP contribution is -2.16. The summed E-state index contributed by atoms with van der Waals surface area (Å²) in [5.41, 5.74) is 4.30. The number of benzene rings is 3. The van der Waals surface area contributed by atoms with E-state index in [9.17, 15) is 14.4 Å². The summed E-state index contributed by atoms with van der Waals surface area (Å²) in [6, 6.07) is 22.5. The van der Waals surface area contributed by atoms with Crippen molar-refractivity contribution in [3.8, 4) is 23.1 Å². The van der Waals surface area contributed by atoms with Crippen LogP contribution in [0.4, 0.5) is 10.3 Å². The van der Waals surface area contributed by atoms with Gasteiger partial charge in [0.25, 0.3) is 5.56 Å². The van der Waals surface area contributed by atoms with Gasteiger partial charge in [0.2, 0.25) is 5.95 Å². The molecule has 4 aromatic rings. The summed E-state index contributed by atoms with van der Waals surface area (Å²) in [6.45, 7) is 0.172. The molecule has 0 aliphatic heterocycles. The zero-order chi connectivity index (χ0) is 23.9. The van der Waals surface area contributed by atoms with E-state index < -0.39 is 11.4 Å². The average molecular weight is 474 g/mol. The lowest BCUT2D eigenvalue weighted by Gasteiger charge is -2.08. The minimum atomic E-state index is -0.567. The second kappa shape index (κ2) is 10.4. The van der Waals surface area contributed by atoms with E-state index in [-0.39, 0.29) is 28.8 Å². The van der Waals surface area contributed by atoms with Crippen LogP contribution < -0.4 is 15.7 Å². The van der Waals surface area contributed by atoms with Crippen LogP contribution in [-0.4, -0.2) is 16.2 Å². The first-order chi connectivity index (χ1) is 16.5. The van der Waals surface area contributed by atoms with Gasteiger partial charge in [-0.25, -0.2) is 14.8 Å². The lowest BCUT2D eigenvalue weighted by atomic mass is 10.1. The molecule has 0 aliphatic carbocycles. The van der Waals surface area contributed by atoms with Crippen LogP contribution in [-0.2, 0) is 6.61 Å². The van der Waals surface area contributed by atoms with Crippen molar-refractivity contribution >= 4 is 23.8 Å². The van der Waals surface area contributed by atoms with Crippen LogP contribution in [0.25, 0.3) is 11.3 Å². The molecule has 0 saturated heterocycles. The number of nitrogens with zero attached hydrogens (tertiary/aromatic N) is 3. The van der Waals surface area contributed by atoms with E-state index in [1.807, 2.05) is 18.2 Å². The monoisotopic (exact) mass is 473 g/mol. The number of H-pyrrole nitrogens is 1. The van der Waals surface area contributed by atoms with Crippen molar-refractivity contribution < 1.29 is 9.13 Å². The molecular weight excluding hydrogens is 457 g/mol. The van der Waals surface area contributed by atoms with Crippen LogP contribution in [0.5, 0.6) is 5.75 Å². The summed E-state index contributed by atoms with van der Waals surface area (Å²) < 4.78 is 19.3. The number of rotatable bonds is 7. The van der Waals surface area contributed by atoms with Gasteiger partial charge in [-0.3, -0.25) is 9.78 Å². The van der Waals surface area contributed by atoms with Gasteiger partial charge >= 0.3 is 0 Å². The minimum absolute atomic E-state index is 0.0587. The number of hydrogen-bond acceptors (Lipinski definition) is 6. The molecule has 0 aliphatic rings. The summed E-state index contributed by atoms with van der Waals surface area (Å²) in [7, 11) is 0. The third-order valence-corrected chi connectivity index (χ3v) is 5.02. The predicted octanol–water partition coefficient (Wildman–Crippen LogP) is 5.13. The summed E-state index contributed by atoms with van der Waals surface area (Å²) in [5.74, 6) is 0.159. The second-order valence-corrected chi connectivity index (χ2v) is 7.50. The van der Waals surface area contributed by atoms with E-state index in [1.54, 1.807) is 48.5 Å². The summed E-state index contributed by atoms with van der Waals surface area (Å²) in [5, 5.41) is 13.5. The molecule has 1 aromatic heterocycles. The topological polar surface area (TPSA) is 103 Å². The number of ether oxygens (including phenoxy) is 1. The molecular formula is C25H17ClFN5O2. The maximum atomic E-state index is 13.6. The maximum Gasteiger partial charge on any atom is 0.270 e. The molecule has 0 fully saturated rings. The molecule has 0 amide bonds. The Balaban J connectivity index is 1.46. The van der Waals surface area contributed by atoms with Gasteiger partial charge in [0.1, 0.15) is 29.8 Å². The zero-order valence-electron chi connectivity index (χ0n) is 17.6. The van der Waals surface area contributed by atoms with Crippen LogP contribution in [0.2, 0.25) is 5.02 Å². The Morgan fingerprint density at radius 3 is 2.74 bits per heavy atom. The number of hydrogen-bond donors (Lipinski definition) is 2. The fourth-order valence-corrected chi connectivity index (χ4v) is 3.20. The van der Waals surface area contributed by atoms with Gasteiger partial charge in [0, 0.05) is 5.56 Å². The van der Waals surface area contributed by atoms with Gasteiger partial charge in [0.15, 0.2) is 0 Å². The Labute approximate surface area is 199 Å². The van der Waals surface area contributed by atoms with Crippen LogP contribution in [0.3, 0.4) is 0 Å². The second-order valence-electron chi connectivity index (χ2n) is 7.10. The number of halogens is 2. The van der Waals surface area contributed by atoms with Crippen molar-refractivity contribution in [1.29, 1.82) is 5.26 Å². The summed E-state index contributed by atoms with van der Waals surface area (Å²) in [6.07, 6.45) is 1.52. The quantitative estimate of drug-likeness (QED) is 0.286. The Morgan fingerprint density at radius 1 is 1.15 bits per heavy atom. The van der Waals surface area contributed by atoms with E-state index in [4.69, 9.17) is 16.3 Å². The van der Waals surface area contributed by atoms with Crippen LogP contribution in [0.1, 0.15) is 16.7 Å². The van der Waals surface area contributed by atoms with Crippen molar-refractivity contribution in [2.24, 2.45) is 5.10 Å². The molecule has 0 radical (unpaired) electrons. The number of nitriles is 1. The Bertz CT molecular complexity index is 1450. The standard InChI is InChI=1S/C25H17ClFN5O2/c26-21-10-9-17(12-22(21)27)15-34-19-8-4-5-16(11-19)14-29-32-25-30-23(18-6-2-1-3-7-18)20(13-28)24(33)31-25/h1-12,14H,15H2,(H2,30,31,32,33). The zero-order valence-corrected chi connectivity index (χ0v) is 18.4. The van der Waals surface area contributed by atoms with Crippen LogP contribution >= 0.6 is 11.6 Å². The van der Waals surface area contributed by atoms with E-state index in [2.05, 4.69) is 20.5 Å². The first-order valence-electron chi connectivity index (χ1n) is 10.1. The van der Waals surface area contributed by atoms with Gasteiger partial charge in [0.05, 0.1) is 16.9 Å². The fraction of sp³-hybridized carbons (Fsp3) is 0.0400. The number of hydrazone groups is 1. The van der Waals surface area contributed by atoms with Gasteiger partial charge < -0.3 is 4.74 Å². The predicted molar refractivity (Wildman–Crippen MR) is 128 cm³/mol. The highest BCUT2D eigenvalue weighted by Crippen LogP contribution is 2.20. The fourth-order valence-electron chi connectivity index (χ4n) is 3.08. The van der Waals surface area contributed by atoms with Crippen molar-refractivity contribution in [2.45, 2.75) is 6.61 Å². The molecule has 0 bridgehead atoms. The van der Waals surface area contributed by atoms with Crippen LogP contribution in [0.15, 0.2) is 82.7 Å². The molecule has 0 atom stereocenters. The van der Waals surface area contributed by atoms with Crippen molar-refractivity contribution in [2.75, 3.05) is 5.43 Å². The smallest absolute Gasteiger partial charge is 0.270 e. The number of nitrogens with one attached hydrogen (secondary N) is 2. The minimum Gasteiger partial charge on any atom is -0.489 e. The highest BCUT2D eigenvalue weighted by molar-refractivity contribution is 6.30. The molecule has 1 heterocycles. The number of aromatic amines is 1. The van der Waals surface area contributed by atoms with Crippen molar-refractivity contribution in [3.63, 3.8) is 0 Å². The summed E-state index contributed by atoms with van der Waals surface area (Å²) in [4.78, 5) is 19.1. The van der Waals surface area contributed by atoms with Crippen molar-refractivity contribution in [1.82, 2.24) is 9.97 Å². The molecule has 0 unspecified atom stereocenters. The van der Waals surface area contributed by atoms with Gasteiger partial charge in [-0.05, 0) is 35.4 Å². The van der Waals surface area contributed by atoms with Crippen LogP contribution in [0, 0.1) is 17.1 Å². The first kappa shape index (κ1) is 22.7. The Hall–Kier alpha value is -4.48. The van der Waals surface area contributed by atoms with E-state index in [0.29, 0.717) is 22.4 Å². The molecule has 0 saturated carbocycles. The van der Waals surface area contributed by atoms with E-state index in [1.165, 1.54) is 18.3 Å². The first-order valence-corrected chi connectivity index (χ1v) is 10.5. The van der Waals surface area contributed by atoms with Gasteiger partial charge in [-0.15, -0.1) is 0 Å². The molecule has 0 spiro atoms. The normalized spacial score (nSPS) is 10.7. The number of anilines is 1. The Morgan fingerprint density at radius 2 is 1.97 bits per heavy atom.